The van der Waals surface area contributed by atoms with E-state index in [4.69, 9.17) is 0 Å². The highest BCUT2D eigenvalue weighted by Crippen LogP contribution is 2.34. The van der Waals surface area contributed by atoms with Crippen molar-refractivity contribution in [2.24, 2.45) is 0 Å². The first kappa shape index (κ1) is 15.9. The van der Waals surface area contributed by atoms with E-state index < -0.39 is 0 Å². The molecule has 1 aliphatic carbocycles. The van der Waals surface area contributed by atoms with Crippen LogP contribution in [0.3, 0.4) is 0 Å². The van der Waals surface area contributed by atoms with E-state index in [1.165, 1.54) is 31.0 Å². The summed E-state index contributed by atoms with van der Waals surface area (Å²) in [6, 6.07) is 13.2. The molecule has 4 rings (SSSR count). The number of hydrogen-bond donors (Lipinski definition) is 0. The maximum atomic E-state index is 12.8. The molecule has 0 bridgehead atoms. The van der Waals surface area contributed by atoms with Gasteiger partial charge < -0.3 is 0 Å². The van der Waals surface area contributed by atoms with Crippen LogP contribution in [0.5, 0.6) is 0 Å². The van der Waals surface area contributed by atoms with Crippen LogP contribution in [-0.2, 0) is 0 Å². The molecule has 1 saturated carbocycles. The van der Waals surface area contributed by atoms with Gasteiger partial charge in [-0.1, -0.05) is 49.2 Å². The van der Waals surface area contributed by atoms with Crippen LogP contribution in [0.4, 0.5) is 0 Å². The molecule has 0 aliphatic heterocycles. The van der Waals surface area contributed by atoms with Crippen LogP contribution in [0, 0.1) is 0 Å². The Morgan fingerprint density at radius 1 is 0.958 bits per heavy atom. The number of rotatable bonds is 2. The molecule has 122 valence electrons. The molecule has 0 unspecified atom stereocenters. The number of carbonyl (C=O) groups excluding carboxylic acids is 1. The summed E-state index contributed by atoms with van der Waals surface area (Å²) in [4.78, 5) is 25.6. The third kappa shape index (κ3) is 2.89. The maximum Gasteiger partial charge on any atom is 0.221 e. The number of thioether (sulfide) groups is 1. The molecule has 1 fully saturated rings. The van der Waals surface area contributed by atoms with E-state index in [2.05, 4.69) is 0 Å². The molecule has 0 spiro atoms. The van der Waals surface area contributed by atoms with Crippen molar-refractivity contribution in [2.45, 2.75) is 37.4 Å². The van der Waals surface area contributed by atoms with Crippen LogP contribution in [0.1, 0.15) is 42.5 Å². The minimum atomic E-state index is 0.0247. The first-order valence-corrected chi connectivity index (χ1v) is 10.1. The Hall–Kier alpha value is -1.65. The van der Waals surface area contributed by atoms with Crippen LogP contribution >= 0.6 is 23.1 Å². The summed E-state index contributed by atoms with van der Waals surface area (Å²) in [5.74, 6) is 0. The Morgan fingerprint density at radius 3 is 2.54 bits per heavy atom. The van der Waals surface area contributed by atoms with Gasteiger partial charge in [-0.25, -0.2) is 0 Å². The SMILES string of the molecule is O=C(SC1CCCCC1)c1cccc2c(=O)c3ccccc3sc12. The highest BCUT2D eigenvalue weighted by Gasteiger charge is 2.21. The molecular weight excluding hydrogens is 336 g/mol. The van der Waals surface area contributed by atoms with Gasteiger partial charge in [0.05, 0.1) is 4.70 Å². The maximum absolute atomic E-state index is 12.8. The molecule has 0 radical (unpaired) electrons. The molecule has 1 aliphatic rings. The van der Waals surface area contributed by atoms with Crippen molar-refractivity contribution in [3.05, 3.63) is 58.3 Å². The first-order valence-electron chi connectivity index (χ1n) is 8.39. The fourth-order valence-corrected chi connectivity index (χ4v) is 5.79. The van der Waals surface area contributed by atoms with Gasteiger partial charge in [-0.15, -0.1) is 11.3 Å². The average molecular weight is 354 g/mol. The Bertz CT molecular complexity index is 968. The van der Waals surface area contributed by atoms with Crippen LogP contribution in [0.25, 0.3) is 20.2 Å². The zero-order valence-corrected chi connectivity index (χ0v) is 14.9. The van der Waals surface area contributed by atoms with Crippen molar-refractivity contribution < 1.29 is 4.79 Å². The van der Waals surface area contributed by atoms with Gasteiger partial charge in [-0.2, -0.15) is 0 Å². The van der Waals surface area contributed by atoms with Crippen LogP contribution in [-0.4, -0.2) is 10.4 Å². The van der Waals surface area contributed by atoms with Crippen molar-refractivity contribution in [1.82, 2.24) is 0 Å². The zero-order valence-electron chi connectivity index (χ0n) is 13.3. The lowest BCUT2D eigenvalue weighted by Gasteiger charge is -2.20. The molecule has 24 heavy (non-hydrogen) atoms. The monoisotopic (exact) mass is 354 g/mol. The predicted octanol–water partition coefficient (Wildman–Crippen LogP) is 5.62. The van der Waals surface area contributed by atoms with Crippen molar-refractivity contribution in [3.8, 4) is 0 Å². The van der Waals surface area contributed by atoms with E-state index in [9.17, 15) is 9.59 Å². The molecule has 2 nitrogen and oxygen atoms in total. The van der Waals surface area contributed by atoms with Crippen molar-refractivity contribution >= 4 is 48.4 Å². The van der Waals surface area contributed by atoms with Crippen molar-refractivity contribution in [2.75, 3.05) is 0 Å². The van der Waals surface area contributed by atoms with Gasteiger partial charge in [0.25, 0.3) is 0 Å². The summed E-state index contributed by atoms with van der Waals surface area (Å²) in [6.07, 6.45) is 5.98. The molecule has 3 aromatic rings. The van der Waals surface area contributed by atoms with Gasteiger partial charge >= 0.3 is 0 Å². The summed E-state index contributed by atoms with van der Waals surface area (Å²) in [7, 11) is 0. The summed E-state index contributed by atoms with van der Waals surface area (Å²) >= 11 is 3.01. The normalized spacial score (nSPS) is 15.8. The highest BCUT2D eigenvalue weighted by molar-refractivity contribution is 8.14. The predicted molar refractivity (Wildman–Crippen MR) is 104 cm³/mol. The van der Waals surface area contributed by atoms with E-state index in [0.29, 0.717) is 16.2 Å². The standard InChI is InChI=1S/C20H18O2S2/c21-18-14-9-4-5-12-17(14)24-19-15(18)10-6-11-16(19)20(22)23-13-7-2-1-3-8-13/h4-6,9-13H,1-3,7-8H2. The quantitative estimate of drug-likeness (QED) is 0.560. The van der Waals surface area contributed by atoms with Crippen LogP contribution < -0.4 is 5.43 Å². The fraction of sp³-hybridized carbons (Fsp3) is 0.300. The zero-order chi connectivity index (χ0) is 16.5. The summed E-state index contributed by atoms with van der Waals surface area (Å²) in [5.41, 5.74) is 0.715. The van der Waals surface area contributed by atoms with Gasteiger partial charge in [0.15, 0.2) is 5.43 Å². The molecule has 0 amide bonds. The summed E-state index contributed by atoms with van der Waals surface area (Å²) in [5, 5.41) is 1.94. The Labute approximate surface area is 148 Å². The average Bonchev–Trinajstić information content (AvgIpc) is 2.62. The van der Waals surface area contributed by atoms with Gasteiger partial charge in [-0.05, 0) is 37.1 Å². The first-order chi connectivity index (χ1) is 11.7. The van der Waals surface area contributed by atoms with Gasteiger partial charge in [0.2, 0.25) is 5.12 Å². The lowest BCUT2D eigenvalue weighted by molar-refractivity contribution is 0.108. The number of hydrogen-bond acceptors (Lipinski definition) is 4. The van der Waals surface area contributed by atoms with E-state index in [1.54, 1.807) is 11.3 Å². The Morgan fingerprint density at radius 2 is 1.71 bits per heavy atom. The minimum absolute atomic E-state index is 0.0247. The third-order valence-electron chi connectivity index (χ3n) is 4.65. The second kappa shape index (κ2) is 6.69. The number of fused-ring (bicyclic) bond motifs is 2. The highest BCUT2D eigenvalue weighted by atomic mass is 32.2. The second-order valence-corrected chi connectivity index (χ2v) is 8.60. The number of carbonyl (C=O) groups is 1. The lowest BCUT2D eigenvalue weighted by atomic mass is 10.0. The summed E-state index contributed by atoms with van der Waals surface area (Å²) < 4.78 is 1.77. The van der Waals surface area contributed by atoms with Gasteiger partial charge in [-0.3, -0.25) is 9.59 Å². The lowest BCUT2D eigenvalue weighted by Crippen LogP contribution is -2.12. The second-order valence-electron chi connectivity index (χ2n) is 6.27. The van der Waals surface area contributed by atoms with E-state index in [1.807, 2.05) is 42.5 Å². The third-order valence-corrected chi connectivity index (χ3v) is 7.11. The molecule has 0 saturated heterocycles. The molecule has 0 atom stereocenters. The largest absolute Gasteiger partial charge is 0.289 e. The van der Waals surface area contributed by atoms with E-state index in [0.717, 1.165) is 27.6 Å². The molecular formula is C20H18O2S2. The topological polar surface area (TPSA) is 34.1 Å². The van der Waals surface area contributed by atoms with Gasteiger partial charge in [0.1, 0.15) is 0 Å². The molecule has 1 aromatic heterocycles. The van der Waals surface area contributed by atoms with E-state index >= 15 is 0 Å². The number of benzene rings is 2. The minimum Gasteiger partial charge on any atom is -0.289 e. The fourth-order valence-electron chi connectivity index (χ4n) is 3.38. The van der Waals surface area contributed by atoms with Crippen LogP contribution in [0.2, 0.25) is 0 Å². The van der Waals surface area contributed by atoms with Gasteiger partial charge in [0, 0.05) is 26.3 Å². The summed E-state index contributed by atoms with van der Waals surface area (Å²) in [6.45, 7) is 0. The van der Waals surface area contributed by atoms with E-state index in [-0.39, 0.29) is 10.5 Å². The Kier molecular flexibility index (Phi) is 4.42. The molecule has 1 heterocycles. The molecule has 4 heteroatoms. The van der Waals surface area contributed by atoms with Crippen LogP contribution in [0.15, 0.2) is 47.3 Å². The smallest absolute Gasteiger partial charge is 0.221 e. The van der Waals surface area contributed by atoms with Crippen molar-refractivity contribution in [1.29, 1.82) is 0 Å². The van der Waals surface area contributed by atoms with Crippen molar-refractivity contribution in [3.63, 3.8) is 0 Å². The molecule has 2 aromatic carbocycles. The molecule has 0 N–H and O–H groups in total. The Balaban J connectivity index is 1.80.